The highest BCUT2D eigenvalue weighted by atomic mass is 28.3. The molecule has 38 heavy (non-hydrogen) atoms. The summed E-state index contributed by atoms with van der Waals surface area (Å²) in [4.78, 5) is 0. The van der Waals surface area contributed by atoms with E-state index >= 15 is 0 Å². The van der Waals surface area contributed by atoms with E-state index in [0.717, 1.165) is 47.4 Å². The molecule has 2 heteroatoms. The Hall–Kier alpha value is -3.83. The lowest BCUT2D eigenvalue weighted by atomic mass is 10.0. The van der Waals surface area contributed by atoms with Crippen molar-refractivity contribution in [2.24, 2.45) is 0 Å². The predicted molar refractivity (Wildman–Crippen MR) is 177 cm³/mol. The number of benzene rings is 3. The molecule has 0 aliphatic carbocycles. The van der Waals surface area contributed by atoms with E-state index in [1.165, 1.54) is 21.5 Å². The predicted octanol–water partition coefficient (Wildman–Crippen LogP) is 9.79. The van der Waals surface area contributed by atoms with Crippen LogP contribution < -0.4 is 0 Å². The summed E-state index contributed by atoms with van der Waals surface area (Å²) in [5.74, 6) is 6.97. The van der Waals surface area contributed by atoms with Gasteiger partial charge in [-0.3, -0.25) is 0 Å². The Kier molecular flexibility index (Phi) is 10.3. The third-order valence-electron chi connectivity index (χ3n) is 6.95. The number of rotatable bonds is 12. The van der Waals surface area contributed by atoms with Gasteiger partial charge in [-0.25, -0.2) is 0 Å². The highest BCUT2D eigenvalue weighted by molar-refractivity contribution is 6.88. The Bertz CT molecular complexity index is 1330. The Morgan fingerprint density at radius 1 is 0.447 bits per heavy atom. The van der Waals surface area contributed by atoms with Crippen molar-refractivity contribution in [2.45, 2.75) is 36.3 Å². The van der Waals surface area contributed by atoms with Crippen molar-refractivity contribution in [1.82, 2.24) is 0 Å². The second kappa shape index (κ2) is 13.6. The standard InChI is InChI=1S/C36H38Si2/c1-7-19-37(20-8-2,21-9-3)25-17-31-13-15-33-30-36-28-32(14-16-34(36)29-35(33)27-31)18-26-38(22-10-4,23-11-5)24-12-6/h7-16,27-30H,1-6,19-24H2. The van der Waals surface area contributed by atoms with Crippen LogP contribution in [0.25, 0.3) is 21.5 Å². The molecule has 0 aliphatic heterocycles. The van der Waals surface area contributed by atoms with E-state index in [-0.39, 0.29) is 0 Å². The third-order valence-corrected chi connectivity index (χ3v) is 14.7. The van der Waals surface area contributed by atoms with Gasteiger partial charge in [-0.05, 0) is 94.2 Å². The summed E-state index contributed by atoms with van der Waals surface area (Å²) in [5.41, 5.74) is 9.40. The van der Waals surface area contributed by atoms with Crippen LogP contribution in [0.15, 0.2) is 124 Å². The number of hydrogen-bond acceptors (Lipinski definition) is 0. The van der Waals surface area contributed by atoms with Crippen molar-refractivity contribution >= 4 is 37.7 Å². The first-order valence-corrected chi connectivity index (χ1v) is 18.4. The first kappa shape index (κ1) is 28.7. The Morgan fingerprint density at radius 3 is 1.05 bits per heavy atom. The van der Waals surface area contributed by atoms with Crippen molar-refractivity contribution in [3.8, 4) is 22.9 Å². The summed E-state index contributed by atoms with van der Waals surface area (Å²) >= 11 is 0. The van der Waals surface area contributed by atoms with Crippen LogP contribution in [0.3, 0.4) is 0 Å². The van der Waals surface area contributed by atoms with Gasteiger partial charge in [-0.15, -0.1) is 50.6 Å². The van der Waals surface area contributed by atoms with Crippen LogP contribution in [0.2, 0.25) is 36.3 Å². The minimum atomic E-state index is -1.88. The zero-order valence-electron chi connectivity index (χ0n) is 22.6. The van der Waals surface area contributed by atoms with Crippen LogP contribution in [-0.4, -0.2) is 16.1 Å². The van der Waals surface area contributed by atoms with Gasteiger partial charge in [0, 0.05) is 11.1 Å². The summed E-state index contributed by atoms with van der Waals surface area (Å²) in [6.45, 7) is 23.8. The fourth-order valence-electron chi connectivity index (χ4n) is 5.03. The molecule has 0 saturated carbocycles. The average Bonchev–Trinajstić information content (AvgIpc) is 2.90. The number of fused-ring (bicyclic) bond motifs is 2. The van der Waals surface area contributed by atoms with E-state index in [0.29, 0.717) is 0 Å². The van der Waals surface area contributed by atoms with Gasteiger partial charge in [0.05, 0.1) is 0 Å². The molecule has 0 aromatic heterocycles. The Labute approximate surface area is 231 Å². The smallest absolute Gasteiger partial charge is 0.125 e. The van der Waals surface area contributed by atoms with Gasteiger partial charge < -0.3 is 0 Å². The molecule has 190 valence electrons. The van der Waals surface area contributed by atoms with Crippen LogP contribution in [-0.2, 0) is 0 Å². The zero-order chi connectivity index (χ0) is 27.4. The normalized spacial score (nSPS) is 10.9. The topological polar surface area (TPSA) is 0 Å². The quantitative estimate of drug-likeness (QED) is 0.0953. The molecule has 0 unspecified atom stereocenters. The first-order chi connectivity index (χ1) is 18.5. The molecule has 3 aromatic rings. The highest BCUT2D eigenvalue weighted by Gasteiger charge is 2.27. The molecular weight excluding hydrogens is 489 g/mol. The largest absolute Gasteiger partial charge is 0.149 e. The van der Waals surface area contributed by atoms with Crippen LogP contribution in [0.5, 0.6) is 0 Å². The maximum atomic E-state index is 3.97. The summed E-state index contributed by atoms with van der Waals surface area (Å²) in [6, 6.07) is 23.2. The van der Waals surface area contributed by atoms with Crippen LogP contribution >= 0.6 is 0 Å². The maximum absolute atomic E-state index is 3.97. The summed E-state index contributed by atoms with van der Waals surface area (Å²) in [6.07, 6.45) is 12.0. The lowest BCUT2D eigenvalue weighted by Crippen LogP contribution is -2.30. The Balaban J connectivity index is 1.99. The van der Waals surface area contributed by atoms with Crippen molar-refractivity contribution in [3.63, 3.8) is 0 Å². The lowest BCUT2D eigenvalue weighted by Gasteiger charge is -2.21. The average molecular weight is 527 g/mol. The summed E-state index contributed by atoms with van der Waals surface area (Å²) < 4.78 is 0. The lowest BCUT2D eigenvalue weighted by molar-refractivity contribution is 1.40. The Morgan fingerprint density at radius 2 is 0.763 bits per heavy atom. The van der Waals surface area contributed by atoms with Gasteiger partial charge in [0.15, 0.2) is 0 Å². The van der Waals surface area contributed by atoms with Gasteiger partial charge in [0.25, 0.3) is 0 Å². The van der Waals surface area contributed by atoms with Crippen molar-refractivity contribution in [3.05, 3.63) is 136 Å². The zero-order valence-corrected chi connectivity index (χ0v) is 24.6. The SMILES string of the molecule is C=CC[Si](C#Cc1ccc2cc3cc(C#C[Si](CC=C)(CC=C)CC=C)ccc3cc2c1)(CC=C)CC=C. The van der Waals surface area contributed by atoms with E-state index in [4.69, 9.17) is 0 Å². The number of allylic oxidation sites excluding steroid dienone is 6. The molecule has 0 aliphatic rings. The molecule has 3 aromatic carbocycles. The first-order valence-electron chi connectivity index (χ1n) is 13.2. The molecule has 0 radical (unpaired) electrons. The number of hydrogen-bond donors (Lipinski definition) is 0. The second-order valence-electron chi connectivity index (χ2n) is 9.99. The molecule has 0 bridgehead atoms. The van der Waals surface area contributed by atoms with Crippen molar-refractivity contribution < 1.29 is 0 Å². The minimum absolute atomic E-state index is 0.944. The fraction of sp³-hybridized carbons (Fsp3) is 0.167. The highest BCUT2D eigenvalue weighted by Crippen LogP contribution is 2.27. The molecule has 0 fully saturated rings. The van der Waals surface area contributed by atoms with E-state index in [1.54, 1.807) is 0 Å². The third kappa shape index (κ3) is 7.14. The van der Waals surface area contributed by atoms with Gasteiger partial charge in [0.1, 0.15) is 16.1 Å². The second-order valence-corrected chi connectivity index (χ2v) is 18.1. The fourth-order valence-corrected chi connectivity index (χ4v) is 10.8. The monoisotopic (exact) mass is 526 g/mol. The molecule has 0 atom stereocenters. The summed E-state index contributed by atoms with van der Waals surface area (Å²) in [7, 11) is -3.75. The van der Waals surface area contributed by atoms with Crippen molar-refractivity contribution in [1.29, 1.82) is 0 Å². The van der Waals surface area contributed by atoms with E-state index in [9.17, 15) is 0 Å². The molecule has 0 N–H and O–H groups in total. The van der Waals surface area contributed by atoms with Crippen molar-refractivity contribution in [2.75, 3.05) is 0 Å². The van der Waals surface area contributed by atoms with E-state index < -0.39 is 16.1 Å². The molecule has 0 saturated heterocycles. The van der Waals surface area contributed by atoms with Gasteiger partial charge >= 0.3 is 0 Å². The van der Waals surface area contributed by atoms with E-state index in [2.05, 4.69) is 111 Å². The van der Waals surface area contributed by atoms with Crippen LogP contribution in [0.4, 0.5) is 0 Å². The van der Waals surface area contributed by atoms with Crippen LogP contribution in [0, 0.1) is 22.9 Å². The van der Waals surface area contributed by atoms with E-state index in [1.807, 2.05) is 36.5 Å². The maximum Gasteiger partial charge on any atom is 0.149 e. The summed E-state index contributed by atoms with van der Waals surface area (Å²) in [5, 5.41) is 4.80. The molecule has 0 nitrogen and oxygen atoms in total. The molecular formula is C36H38Si2. The molecule has 0 heterocycles. The van der Waals surface area contributed by atoms with Crippen LogP contribution in [0.1, 0.15) is 11.1 Å². The van der Waals surface area contributed by atoms with Gasteiger partial charge in [0.2, 0.25) is 0 Å². The molecule has 0 amide bonds. The molecule has 0 spiro atoms. The minimum Gasteiger partial charge on any atom is -0.125 e. The van der Waals surface area contributed by atoms with Gasteiger partial charge in [-0.1, -0.05) is 60.4 Å². The van der Waals surface area contributed by atoms with Gasteiger partial charge in [-0.2, -0.15) is 0 Å². The molecule has 3 rings (SSSR count).